The van der Waals surface area contributed by atoms with Crippen LogP contribution in [0.3, 0.4) is 0 Å². The van der Waals surface area contributed by atoms with Crippen molar-refractivity contribution in [2.75, 3.05) is 0 Å². The average molecular weight is 193 g/mol. The molecule has 0 fully saturated rings. The van der Waals surface area contributed by atoms with Crippen molar-refractivity contribution >= 4 is 29.0 Å². The van der Waals surface area contributed by atoms with Gasteiger partial charge < -0.3 is 5.73 Å². The molecule has 3 nitrogen and oxygen atoms in total. The van der Waals surface area contributed by atoms with Gasteiger partial charge in [-0.2, -0.15) is 5.26 Å². The summed E-state index contributed by atoms with van der Waals surface area (Å²) >= 11 is 10.4. The summed E-state index contributed by atoms with van der Waals surface area (Å²) in [4.78, 5) is 9.67. The SMILES string of the molecule is C/C(N)=C(\C#N)C(=O)C(Cl)Cl. The van der Waals surface area contributed by atoms with Gasteiger partial charge >= 0.3 is 0 Å². The number of hydrogen-bond acceptors (Lipinski definition) is 3. The van der Waals surface area contributed by atoms with Gasteiger partial charge in [0, 0.05) is 5.70 Å². The van der Waals surface area contributed by atoms with Crippen LogP contribution in [0.1, 0.15) is 6.92 Å². The first kappa shape index (κ1) is 10.3. The smallest absolute Gasteiger partial charge is 0.207 e. The van der Waals surface area contributed by atoms with Crippen LogP contribution in [0.4, 0.5) is 0 Å². The molecule has 0 bridgehead atoms. The summed E-state index contributed by atoms with van der Waals surface area (Å²) in [6, 6.07) is 1.62. The molecule has 0 aromatic carbocycles. The molecule has 0 amide bonds. The van der Waals surface area contributed by atoms with Crippen molar-refractivity contribution in [1.82, 2.24) is 0 Å². The van der Waals surface area contributed by atoms with Crippen LogP contribution in [-0.2, 0) is 4.79 Å². The zero-order valence-corrected chi connectivity index (χ0v) is 7.28. The number of halogens is 2. The molecule has 0 unspecified atom stereocenters. The summed E-state index contributed by atoms with van der Waals surface area (Å²) in [6.07, 6.45) is 0. The van der Waals surface area contributed by atoms with E-state index >= 15 is 0 Å². The summed E-state index contributed by atoms with van der Waals surface area (Å²) in [5.41, 5.74) is 5.15. The van der Waals surface area contributed by atoms with Crippen LogP contribution >= 0.6 is 23.2 Å². The van der Waals surface area contributed by atoms with Gasteiger partial charge in [0.1, 0.15) is 11.6 Å². The van der Waals surface area contributed by atoms with E-state index in [1.54, 1.807) is 6.07 Å². The zero-order chi connectivity index (χ0) is 9.02. The van der Waals surface area contributed by atoms with Crippen molar-refractivity contribution in [3.8, 4) is 6.07 Å². The molecule has 11 heavy (non-hydrogen) atoms. The van der Waals surface area contributed by atoms with Crippen LogP contribution in [0, 0.1) is 11.3 Å². The molecule has 0 aromatic heterocycles. The second-order valence-corrected chi connectivity index (χ2v) is 2.93. The maximum atomic E-state index is 10.9. The lowest BCUT2D eigenvalue weighted by Crippen LogP contribution is -2.14. The van der Waals surface area contributed by atoms with E-state index < -0.39 is 10.6 Å². The highest BCUT2D eigenvalue weighted by Gasteiger charge is 2.18. The third kappa shape index (κ3) is 2.79. The van der Waals surface area contributed by atoms with E-state index in [4.69, 9.17) is 34.2 Å². The van der Waals surface area contributed by atoms with Crippen molar-refractivity contribution in [2.45, 2.75) is 11.8 Å². The molecule has 0 atom stereocenters. The standard InChI is InChI=1S/C6H6Cl2N2O/c1-3(10)4(2-9)5(11)6(7)8/h6H,10H2,1H3/b4-3-. The Kier molecular flexibility index (Phi) is 3.94. The van der Waals surface area contributed by atoms with Crippen molar-refractivity contribution in [3.63, 3.8) is 0 Å². The Labute approximate surface area is 74.4 Å². The Morgan fingerprint density at radius 2 is 2.09 bits per heavy atom. The number of carbonyl (C=O) groups is 1. The number of hydrogen-bond donors (Lipinski definition) is 1. The second kappa shape index (κ2) is 4.22. The fourth-order valence-corrected chi connectivity index (χ4v) is 0.665. The fourth-order valence-electron chi connectivity index (χ4n) is 0.447. The molecular weight excluding hydrogens is 187 g/mol. The van der Waals surface area contributed by atoms with Gasteiger partial charge in [0.2, 0.25) is 5.78 Å². The molecule has 0 radical (unpaired) electrons. The van der Waals surface area contributed by atoms with Crippen molar-refractivity contribution < 1.29 is 4.79 Å². The van der Waals surface area contributed by atoms with Gasteiger partial charge in [0.05, 0.1) is 0 Å². The minimum absolute atomic E-state index is 0.129. The first-order chi connectivity index (χ1) is 5.00. The third-order valence-electron chi connectivity index (χ3n) is 0.951. The molecule has 0 aliphatic rings. The molecule has 0 saturated heterocycles. The van der Waals surface area contributed by atoms with Crippen LogP contribution in [0.15, 0.2) is 11.3 Å². The molecule has 0 saturated carbocycles. The van der Waals surface area contributed by atoms with Gasteiger partial charge in [-0.05, 0) is 6.92 Å². The number of nitrogens with two attached hydrogens (primary N) is 1. The summed E-state index contributed by atoms with van der Waals surface area (Å²) in [7, 11) is 0. The normalized spacial score (nSPS) is 12.3. The van der Waals surface area contributed by atoms with Gasteiger partial charge in [-0.15, -0.1) is 0 Å². The Balaban J connectivity index is 4.73. The number of ketones is 1. The number of rotatable bonds is 2. The highest BCUT2D eigenvalue weighted by Crippen LogP contribution is 2.10. The van der Waals surface area contributed by atoms with Gasteiger partial charge in [-0.25, -0.2) is 0 Å². The van der Waals surface area contributed by atoms with Crippen LogP contribution in [-0.4, -0.2) is 10.6 Å². The maximum Gasteiger partial charge on any atom is 0.207 e. The van der Waals surface area contributed by atoms with E-state index in [9.17, 15) is 4.79 Å². The largest absolute Gasteiger partial charge is 0.401 e. The Hall–Kier alpha value is -0.720. The molecule has 0 spiro atoms. The molecule has 0 heterocycles. The number of allylic oxidation sites excluding steroid dienone is 2. The first-order valence-corrected chi connectivity index (χ1v) is 3.56. The lowest BCUT2D eigenvalue weighted by molar-refractivity contribution is -0.113. The van der Waals surface area contributed by atoms with Crippen molar-refractivity contribution in [2.24, 2.45) is 5.73 Å². The molecule has 0 rings (SSSR count). The summed E-state index contributed by atoms with van der Waals surface area (Å²) < 4.78 is 0. The van der Waals surface area contributed by atoms with Crippen molar-refractivity contribution in [3.05, 3.63) is 11.3 Å². The molecule has 0 aromatic rings. The average Bonchev–Trinajstić information content (AvgIpc) is 1.88. The first-order valence-electron chi connectivity index (χ1n) is 2.69. The number of nitriles is 1. The number of carbonyl (C=O) groups excluding carboxylic acids is 1. The summed E-state index contributed by atoms with van der Waals surface area (Å²) in [5.74, 6) is -0.657. The van der Waals surface area contributed by atoms with E-state index in [1.165, 1.54) is 6.92 Å². The third-order valence-corrected chi connectivity index (χ3v) is 1.35. The zero-order valence-electron chi connectivity index (χ0n) is 5.77. The number of alkyl halides is 2. The molecule has 0 aliphatic carbocycles. The molecule has 60 valence electrons. The predicted octanol–water partition coefficient (Wildman–Crippen LogP) is 1.12. The Bertz CT molecular complexity index is 235. The Morgan fingerprint density at radius 1 is 1.64 bits per heavy atom. The quantitative estimate of drug-likeness (QED) is 0.405. The summed E-state index contributed by atoms with van der Waals surface area (Å²) in [5, 5.41) is 8.39. The number of nitrogens with zero attached hydrogens (tertiary/aromatic N) is 1. The fraction of sp³-hybridized carbons (Fsp3) is 0.333. The van der Waals surface area contributed by atoms with Gasteiger partial charge in [0.25, 0.3) is 0 Å². The minimum Gasteiger partial charge on any atom is -0.401 e. The van der Waals surface area contributed by atoms with Crippen LogP contribution in [0.25, 0.3) is 0 Å². The van der Waals surface area contributed by atoms with E-state index in [2.05, 4.69) is 0 Å². The van der Waals surface area contributed by atoms with Crippen LogP contribution in [0.2, 0.25) is 0 Å². The van der Waals surface area contributed by atoms with E-state index in [0.29, 0.717) is 0 Å². The van der Waals surface area contributed by atoms with Crippen LogP contribution in [0.5, 0.6) is 0 Å². The minimum atomic E-state index is -1.22. The lowest BCUT2D eigenvalue weighted by atomic mass is 10.2. The van der Waals surface area contributed by atoms with Gasteiger partial charge in [-0.1, -0.05) is 23.2 Å². The molecular formula is C6H6Cl2N2O. The van der Waals surface area contributed by atoms with E-state index in [-0.39, 0.29) is 11.3 Å². The van der Waals surface area contributed by atoms with E-state index in [1.807, 2.05) is 0 Å². The van der Waals surface area contributed by atoms with Crippen molar-refractivity contribution in [1.29, 1.82) is 5.26 Å². The molecule has 0 aliphatic heterocycles. The summed E-state index contributed by atoms with van der Waals surface area (Å²) in [6.45, 7) is 1.44. The van der Waals surface area contributed by atoms with Crippen LogP contribution < -0.4 is 5.73 Å². The topological polar surface area (TPSA) is 66.9 Å². The van der Waals surface area contributed by atoms with Gasteiger partial charge in [0.15, 0.2) is 4.84 Å². The molecule has 5 heteroatoms. The Morgan fingerprint density at radius 3 is 2.18 bits per heavy atom. The van der Waals surface area contributed by atoms with E-state index in [0.717, 1.165) is 0 Å². The second-order valence-electron chi connectivity index (χ2n) is 1.83. The monoisotopic (exact) mass is 192 g/mol. The van der Waals surface area contributed by atoms with Gasteiger partial charge in [-0.3, -0.25) is 4.79 Å². The highest BCUT2D eigenvalue weighted by atomic mass is 35.5. The number of Topliss-reactive ketones (excluding diaryl/α,β-unsaturated/α-hetero) is 1. The maximum absolute atomic E-state index is 10.9. The predicted molar refractivity (Wildman–Crippen MR) is 43.0 cm³/mol. The lowest BCUT2D eigenvalue weighted by Gasteiger charge is -1.99. The molecule has 2 N–H and O–H groups in total. The highest BCUT2D eigenvalue weighted by molar-refractivity contribution is 6.55.